The topological polar surface area (TPSA) is 43.1 Å². The molecule has 0 spiro atoms. The van der Waals surface area contributed by atoms with Crippen LogP contribution in [0.15, 0.2) is 0 Å². The second-order valence-electron chi connectivity index (χ2n) is 3.79. The summed E-state index contributed by atoms with van der Waals surface area (Å²) in [5.74, 6) is 3.14. The number of unbranched alkanes of at least 4 members (excludes halogenated alkanes) is 1. The average Bonchev–Trinajstić information content (AvgIpc) is 2.52. The monoisotopic (exact) mass is 179 g/mol. The zero-order chi connectivity index (χ0) is 9.68. The van der Waals surface area contributed by atoms with E-state index in [0.29, 0.717) is 18.6 Å². The Morgan fingerprint density at radius 3 is 2.85 bits per heavy atom. The van der Waals surface area contributed by atoms with Gasteiger partial charge in [0.25, 0.3) is 0 Å². The molecule has 72 valence electrons. The summed E-state index contributed by atoms with van der Waals surface area (Å²) >= 11 is 0. The zero-order valence-electron chi connectivity index (χ0n) is 7.96. The Hall–Kier alpha value is -0.810. The standard InChI is InChI=1S/C11H17NO/c1-2-3-4-5-11(13)9-6-7-10(12)8-9/h1,9-10H,3-8,12H2. The van der Waals surface area contributed by atoms with E-state index in [1.807, 2.05) is 0 Å². The second kappa shape index (κ2) is 5.04. The molecule has 0 aromatic heterocycles. The van der Waals surface area contributed by atoms with E-state index in [9.17, 15) is 4.79 Å². The summed E-state index contributed by atoms with van der Waals surface area (Å²) in [6.07, 6.45) is 10.2. The van der Waals surface area contributed by atoms with E-state index >= 15 is 0 Å². The van der Waals surface area contributed by atoms with Gasteiger partial charge in [-0.1, -0.05) is 0 Å². The molecule has 0 saturated heterocycles. The number of hydrogen-bond donors (Lipinski definition) is 1. The smallest absolute Gasteiger partial charge is 0.136 e. The lowest BCUT2D eigenvalue weighted by atomic mass is 9.98. The molecule has 2 N–H and O–H groups in total. The highest BCUT2D eigenvalue weighted by Gasteiger charge is 2.26. The van der Waals surface area contributed by atoms with Crippen molar-refractivity contribution in [3.63, 3.8) is 0 Å². The fraction of sp³-hybridized carbons (Fsp3) is 0.727. The van der Waals surface area contributed by atoms with Crippen molar-refractivity contribution in [1.29, 1.82) is 0 Å². The van der Waals surface area contributed by atoms with Crippen LogP contribution in [0.1, 0.15) is 38.5 Å². The molecule has 2 unspecified atom stereocenters. The predicted octanol–water partition coefficient (Wildman–Crippen LogP) is 1.49. The van der Waals surface area contributed by atoms with Crippen LogP contribution in [0.4, 0.5) is 0 Å². The first-order valence-corrected chi connectivity index (χ1v) is 4.95. The van der Waals surface area contributed by atoms with Crippen LogP contribution in [0.2, 0.25) is 0 Å². The molecule has 0 aliphatic heterocycles. The largest absolute Gasteiger partial charge is 0.328 e. The fourth-order valence-electron chi connectivity index (χ4n) is 1.88. The Balaban J connectivity index is 2.21. The molecule has 0 aromatic carbocycles. The Kier molecular flexibility index (Phi) is 3.98. The quantitative estimate of drug-likeness (QED) is 0.525. The van der Waals surface area contributed by atoms with Gasteiger partial charge in [-0.25, -0.2) is 0 Å². The molecule has 0 heterocycles. The number of rotatable bonds is 4. The van der Waals surface area contributed by atoms with E-state index in [4.69, 9.17) is 12.2 Å². The number of Topliss-reactive ketones (excluding diaryl/α,β-unsaturated/α-hetero) is 1. The van der Waals surface area contributed by atoms with Crippen molar-refractivity contribution in [2.24, 2.45) is 11.7 Å². The Labute approximate surface area is 79.9 Å². The summed E-state index contributed by atoms with van der Waals surface area (Å²) in [5, 5.41) is 0. The molecule has 0 amide bonds. The molecule has 1 fully saturated rings. The van der Waals surface area contributed by atoms with Crippen molar-refractivity contribution < 1.29 is 4.79 Å². The molecule has 1 saturated carbocycles. The van der Waals surface area contributed by atoms with Crippen LogP contribution in [0, 0.1) is 18.3 Å². The summed E-state index contributed by atoms with van der Waals surface area (Å²) in [7, 11) is 0. The van der Waals surface area contributed by atoms with Gasteiger partial charge in [0.15, 0.2) is 0 Å². The van der Waals surface area contributed by atoms with Gasteiger partial charge in [0.1, 0.15) is 5.78 Å². The molecule has 0 radical (unpaired) electrons. The van der Waals surface area contributed by atoms with E-state index in [-0.39, 0.29) is 12.0 Å². The maximum Gasteiger partial charge on any atom is 0.136 e. The minimum absolute atomic E-state index is 0.229. The van der Waals surface area contributed by atoms with Gasteiger partial charge < -0.3 is 5.73 Å². The van der Waals surface area contributed by atoms with Gasteiger partial charge in [-0.3, -0.25) is 4.79 Å². The van der Waals surface area contributed by atoms with Crippen LogP contribution in [0.5, 0.6) is 0 Å². The number of nitrogens with two attached hydrogens (primary N) is 1. The highest BCUT2D eigenvalue weighted by molar-refractivity contribution is 5.81. The molecule has 2 nitrogen and oxygen atoms in total. The first-order valence-electron chi connectivity index (χ1n) is 4.95. The maximum atomic E-state index is 11.5. The maximum absolute atomic E-state index is 11.5. The molecule has 2 heteroatoms. The minimum atomic E-state index is 0.229. The lowest BCUT2D eigenvalue weighted by Gasteiger charge is -2.06. The summed E-state index contributed by atoms with van der Waals surface area (Å²) in [5.41, 5.74) is 5.73. The summed E-state index contributed by atoms with van der Waals surface area (Å²) in [6, 6.07) is 0.251. The summed E-state index contributed by atoms with van der Waals surface area (Å²) < 4.78 is 0. The first kappa shape index (κ1) is 10.3. The SMILES string of the molecule is C#CCCCC(=O)C1CCC(N)C1. The first-order chi connectivity index (χ1) is 6.24. The molecule has 13 heavy (non-hydrogen) atoms. The van der Waals surface area contributed by atoms with Crippen molar-refractivity contribution in [3.8, 4) is 12.3 Å². The summed E-state index contributed by atoms with van der Waals surface area (Å²) in [6.45, 7) is 0. The summed E-state index contributed by atoms with van der Waals surface area (Å²) in [4.78, 5) is 11.5. The fourth-order valence-corrected chi connectivity index (χ4v) is 1.88. The lowest BCUT2D eigenvalue weighted by Crippen LogP contribution is -2.17. The van der Waals surface area contributed by atoms with Gasteiger partial charge in [0.2, 0.25) is 0 Å². The van der Waals surface area contributed by atoms with Crippen LogP contribution in [0.3, 0.4) is 0 Å². The molecular weight excluding hydrogens is 162 g/mol. The van der Waals surface area contributed by atoms with Gasteiger partial charge in [-0.05, 0) is 25.7 Å². The van der Waals surface area contributed by atoms with Crippen molar-refractivity contribution in [1.82, 2.24) is 0 Å². The van der Waals surface area contributed by atoms with Crippen LogP contribution in [-0.4, -0.2) is 11.8 Å². The van der Waals surface area contributed by atoms with Gasteiger partial charge >= 0.3 is 0 Å². The van der Waals surface area contributed by atoms with Crippen LogP contribution in [0.25, 0.3) is 0 Å². The van der Waals surface area contributed by atoms with Crippen molar-refractivity contribution in [3.05, 3.63) is 0 Å². The highest BCUT2D eigenvalue weighted by Crippen LogP contribution is 2.26. The van der Waals surface area contributed by atoms with Gasteiger partial charge in [0, 0.05) is 24.8 Å². The third-order valence-corrected chi connectivity index (χ3v) is 2.67. The Morgan fingerprint density at radius 2 is 2.31 bits per heavy atom. The third kappa shape index (κ3) is 3.20. The van der Waals surface area contributed by atoms with Gasteiger partial charge in [-0.15, -0.1) is 12.3 Å². The van der Waals surface area contributed by atoms with Crippen LogP contribution >= 0.6 is 0 Å². The van der Waals surface area contributed by atoms with Crippen molar-refractivity contribution >= 4 is 5.78 Å². The van der Waals surface area contributed by atoms with Crippen molar-refractivity contribution in [2.75, 3.05) is 0 Å². The molecule has 2 atom stereocenters. The average molecular weight is 179 g/mol. The molecule has 1 rings (SSSR count). The minimum Gasteiger partial charge on any atom is -0.328 e. The van der Waals surface area contributed by atoms with E-state index in [1.54, 1.807) is 0 Å². The molecule has 1 aliphatic carbocycles. The third-order valence-electron chi connectivity index (χ3n) is 2.67. The number of terminal acetylenes is 1. The van der Waals surface area contributed by atoms with E-state index in [1.165, 1.54) is 0 Å². The molecule has 0 aromatic rings. The number of carbonyl (C=O) groups is 1. The van der Waals surface area contributed by atoms with E-state index in [0.717, 1.165) is 25.7 Å². The van der Waals surface area contributed by atoms with Gasteiger partial charge in [0.05, 0.1) is 0 Å². The number of carbonyl (C=O) groups excluding carboxylic acids is 1. The Bertz CT molecular complexity index is 217. The molecular formula is C11H17NO. The Morgan fingerprint density at radius 1 is 1.54 bits per heavy atom. The number of ketones is 1. The van der Waals surface area contributed by atoms with E-state index in [2.05, 4.69) is 5.92 Å². The van der Waals surface area contributed by atoms with Gasteiger partial charge in [-0.2, -0.15) is 0 Å². The molecule has 1 aliphatic rings. The molecule has 0 bridgehead atoms. The van der Waals surface area contributed by atoms with Crippen molar-refractivity contribution in [2.45, 2.75) is 44.6 Å². The normalized spacial score (nSPS) is 27.1. The predicted molar refractivity (Wildman–Crippen MR) is 53.0 cm³/mol. The van der Waals surface area contributed by atoms with E-state index < -0.39 is 0 Å². The zero-order valence-corrected chi connectivity index (χ0v) is 7.96. The second-order valence-corrected chi connectivity index (χ2v) is 3.79. The van der Waals surface area contributed by atoms with Crippen LogP contribution < -0.4 is 5.73 Å². The lowest BCUT2D eigenvalue weighted by molar-refractivity contribution is -0.122. The highest BCUT2D eigenvalue weighted by atomic mass is 16.1. The number of hydrogen-bond acceptors (Lipinski definition) is 2. The van der Waals surface area contributed by atoms with Crippen LogP contribution in [-0.2, 0) is 4.79 Å².